The highest BCUT2D eigenvalue weighted by atomic mass is 16.5. The van der Waals surface area contributed by atoms with Gasteiger partial charge in [-0.3, -0.25) is 9.36 Å². The Hall–Kier alpha value is -4.20. The van der Waals surface area contributed by atoms with Gasteiger partial charge < -0.3 is 14.8 Å². The maximum Gasteiger partial charge on any atom is 0.238 e. The van der Waals surface area contributed by atoms with Crippen LogP contribution < -0.4 is 14.8 Å². The molecule has 4 aromatic rings. The lowest BCUT2D eigenvalue weighted by atomic mass is 10.1. The average Bonchev–Trinajstić information content (AvgIpc) is 3.18. The molecule has 1 N–H and O–H groups in total. The fourth-order valence-electron chi connectivity index (χ4n) is 3.23. The Morgan fingerprint density at radius 1 is 0.939 bits per heavy atom. The quantitative estimate of drug-likeness (QED) is 0.426. The van der Waals surface area contributed by atoms with Gasteiger partial charge in [0.2, 0.25) is 11.8 Å². The number of nitrogens with one attached hydrogen (secondary N) is 1. The van der Waals surface area contributed by atoms with E-state index in [1.54, 1.807) is 43.8 Å². The van der Waals surface area contributed by atoms with Crippen molar-refractivity contribution in [3.63, 3.8) is 0 Å². The number of carbonyl (C=O) groups excluding carboxylic acids is 1. The monoisotopic (exact) mass is 443 g/mol. The van der Waals surface area contributed by atoms with Gasteiger partial charge in [-0.2, -0.15) is 0 Å². The standard InChI is InChI=1S/C25H25N5O3/c1-17-18(2)30(16-26-17)23-13-15-25(29-28-23)33-22-11-7-20(8-12-22)27-24(31)14-6-19-4-9-21(32-3)10-5-19/h4-5,7-13,15-16H,6,14H2,1-3H3,(H,27,31). The summed E-state index contributed by atoms with van der Waals surface area (Å²) in [7, 11) is 1.63. The van der Waals surface area contributed by atoms with Crippen LogP contribution in [0.15, 0.2) is 67.0 Å². The van der Waals surface area contributed by atoms with Gasteiger partial charge in [0, 0.05) is 23.9 Å². The van der Waals surface area contributed by atoms with Crippen molar-refractivity contribution in [3.05, 3.63) is 83.9 Å². The summed E-state index contributed by atoms with van der Waals surface area (Å²) >= 11 is 0. The molecule has 2 aromatic carbocycles. The molecule has 8 heteroatoms. The lowest BCUT2D eigenvalue weighted by Gasteiger charge is -2.08. The number of nitrogens with zero attached hydrogens (tertiary/aromatic N) is 4. The van der Waals surface area contributed by atoms with Gasteiger partial charge in [-0.25, -0.2) is 4.98 Å². The largest absolute Gasteiger partial charge is 0.497 e. The van der Waals surface area contributed by atoms with Gasteiger partial charge in [-0.15, -0.1) is 10.2 Å². The number of anilines is 1. The van der Waals surface area contributed by atoms with Crippen molar-refractivity contribution < 1.29 is 14.3 Å². The lowest BCUT2D eigenvalue weighted by Crippen LogP contribution is -2.12. The maximum atomic E-state index is 12.3. The summed E-state index contributed by atoms with van der Waals surface area (Å²) in [5.74, 6) is 2.40. The van der Waals surface area contributed by atoms with Gasteiger partial charge >= 0.3 is 0 Å². The zero-order valence-corrected chi connectivity index (χ0v) is 18.8. The Morgan fingerprint density at radius 2 is 1.67 bits per heavy atom. The topological polar surface area (TPSA) is 91.2 Å². The molecule has 0 atom stereocenters. The summed E-state index contributed by atoms with van der Waals surface area (Å²) in [5.41, 5.74) is 3.75. The molecule has 0 saturated heterocycles. The average molecular weight is 444 g/mol. The summed E-state index contributed by atoms with van der Waals surface area (Å²) in [6, 6.07) is 18.4. The molecule has 0 unspecified atom stereocenters. The van der Waals surface area contributed by atoms with Crippen molar-refractivity contribution in [3.8, 4) is 23.2 Å². The Labute approximate surface area is 192 Å². The third-order valence-corrected chi connectivity index (χ3v) is 5.28. The van der Waals surface area contributed by atoms with Crippen LogP contribution in [0, 0.1) is 13.8 Å². The highest BCUT2D eigenvalue weighted by Gasteiger charge is 2.08. The number of benzene rings is 2. The van der Waals surface area contributed by atoms with Crippen LogP contribution in [-0.2, 0) is 11.2 Å². The third kappa shape index (κ3) is 5.54. The molecule has 33 heavy (non-hydrogen) atoms. The maximum absolute atomic E-state index is 12.3. The second-order valence-electron chi connectivity index (χ2n) is 7.54. The van der Waals surface area contributed by atoms with E-state index in [2.05, 4.69) is 20.5 Å². The zero-order valence-electron chi connectivity index (χ0n) is 18.8. The fourth-order valence-corrected chi connectivity index (χ4v) is 3.23. The predicted molar refractivity (Wildman–Crippen MR) is 125 cm³/mol. The first kappa shape index (κ1) is 22.0. The van der Waals surface area contributed by atoms with Gasteiger partial charge in [0.05, 0.1) is 12.8 Å². The van der Waals surface area contributed by atoms with Crippen LogP contribution in [0.1, 0.15) is 23.4 Å². The van der Waals surface area contributed by atoms with Gasteiger partial charge in [0.15, 0.2) is 5.82 Å². The first-order valence-electron chi connectivity index (χ1n) is 10.6. The van der Waals surface area contributed by atoms with E-state index in [1.165, 1.54) is 0 Å². The lowest BCUT2D eigenvalue weighted by molar-refractivity contribution is -0.116. The number of methoxy groups -OCH3 is 1. The second-order valence-corrected chi connectivity index (χ2v) is 7.54. The van der Waals surface area contributed by atoms with Gasteiger partial charge in [0.25, 0.3) is 0 Å². The molecule has 0 bridgehead atoms. The van der Waals surface area contributed by atoms with Crippen LogP contribution in [0.5, 0.6) is 17.4 Å². The number of hydrogen-bond donors (Lipinski definition) is 1. The SMILES string of the molecule is COc1ccc(CCC(=O)Nc2ccc(Oc3ccc(-n4cnc(C)c4C)nn3)cc2)cc1. The molecule has 0 radical (unpaired) electrons. The Balaban J connectivity index is 1.29. The highest BCUT2D eigenvalue weighted by molar-refractivity contribution is 5.90. The Kier molecular flexibility index (Phi) is 6.64. The molecule has 0 aliphatic rings. The van der Waals surface area contributed by atoms with E-state index in [9.17, 15) is 4.79 Å². The van der Waals surface area contributed by atoms with Crippen molar-refractivity contribution >= 4 is 11.6 Å². The summed E-state index contributed by atoms with van der Waals surface area (Å²) in [6.45, 7) is 3.93. The molecule has 0 spiro atoms. The van der Waals surface area contributed by atoms with Crippen LogP contribution in [0.2, 0.25) is 0 Å². The molecule has 2 aromatic heterocycles. The minimum absolute atomic E-state index is 0.0500. The molecular formula is C25H25N5O3. The van der Waals surface area contributed by atoms with E-state index >= 15 is 0 Å². The minimum atomic E-state index is -0.0500. The molecule has 0 aliphatic carbocycles. The van der Waals surface area contributed by atoms with Gasteiger partial charge in [0.1, 0.15) is 17.8 Å². The van der Waals surface area contributed by atoms with Crippen molar-refractivity contribution in [1.29, 1.82) is 0 Å². The smallest absolute Gasteiger partial charge is 0.238 e. The number of amides is 1. The first-order valence-corrected chi connectivity index (χ1v) is 10.6. The number of ether oxygens (including phenoxy) is 2. The third-order valence-electron chi connectivity index (χ3n) is 5.28. The van der Waals surface area contributed by atoms with Crippen LogP contribution in [0.4, 0.5) is 5.69 Å². The molecule has 0 saturated carbocycles. The van der Waals surface area contributed by atoms with E-state index in [1.807, 2.05) is 48.7 Å². The van der Waals surface area contributed by atoms with Crippen LogP contribution in [0.25, 0.3) is 5.82 Å². The normalized spacial score (nSPS) is 10.6. The van der Waals surface area contributed by atoms with Crippen LogP contribution in [0.3, 0.4) is 0 Å². The molecule has 4 rings (SSSR count). The molecule has 0 aliphatic heterocycles. The summed E-state index contributed by atoms with van der Waals surface area (Å²) < 4.78 is 12.8. The first-order chi connectivity index (χ1) is 16.0. The van der Waals surface area contributed by atoms with Gasteiger partial charge in [-0.1, -0.05) is 12.1 Å². The van der Waals surface area contributed by atoms with Gasteiger partial charge in [-0.05, 0) is 68.3 Å². The number of rotatable bonds is 8. The fraction of sp³-hybridized carbons (Fsp3) is 0.200. The van der Waals surface area contributed by atoms with Crippen LogP contribution in [-0.4, -0.2) is 32.8 Å². The highest BCUT2D eigenvalue weighted by Crippen LogP contribution is 2.22. The number of aromatic nitrogens is 4. The van der Waals surface area contributed by atoms with E-state index in [0.29, 0.717) is 36.0 Å². The van der Waals surface area contributed by atoms with E-state index in [-0.39, 0.29) is 5.91 Å². The summed E-state index contributed by atoms with van der Waals surface area (Å²) in [4.78, 5) is 16.5. The summed E-state index contributed by atoms with van der Waals surface area (Å²) in [6.07, 6.45) is 2.77. The molecule has 168 valence electrons. The number of hydrogen-bond acceptors (Lipinski definition) is 6. The predicted octanol–water partition coefficient (Wildman–Crippen LogP) is 4.65. The van der Waals surface area contributed by atoms with Crippen molar-refractivity contribution in [1.82, 2.24) is 19.7 Å². The Bertz CT molecular complexity index is 1220. The van der Waals surface area contributed by atoms with Crippen LogP contribution >= 0.6 is 0 Å². The molecule has 1 amide bonds. The molecular weight excluding hydrogens is 418 g/mol. The number of aryl methyl sites for hydroxylation is 2. The molecule has 8 nitrogen and oxygen atoms in total. The second kappa shape index (κ2) is 9.95. The van der Waals surface area contributed by atoms with E-state index < -0.39 is 0 Å². The summed E-state index contributed by atoms with van der Waals surface area (Å²) in [5, 5.41) is 11.3. The van der Waals surface area contributed by atoms with E-state index in [4.69, 9.17) is 9.47 Å². The number of carbonyl (C=O) groups is 1. The van der Waals surface area contributed by atoms with Crippen molar-refractivity contribution in [2.24, 2.45) is 0 Å². The number of imidazole rings is 1. The molecule has 0 fully saturated rings. The van der Waals surface area contributed by atoms with Crippen molar-refractivity contribution in [2.45, 2.75) is 26.7 Å². The van der Waals surface area contributed by atoms with E-state index in [0.717, 1.165) is 22.7 Å². The van der Waals surface area contributed by atoms with Crippen molar-refractivity contribution in [2.75, 3.05) is 12.4 Å². The minimum Gasteiger partial charge on any atom is -0.497 e. The molecule has 2 heterocycles. The zero-order chi connectivity index (χ0) is 23.2. The Morgan fingerprint density at radius 3 is 2.27 bits per heavy atom.